The van der Waals surface area contributed by atoms with E-state index in [2.05, 4.69) is 21.2 Å². The molecule has 2 heterocycles. The van der Waals surface area contributed by atoms with Gasteiger partial charge in [0.25, 0.3) is 5.91 Å². The second-order valence-electron chi connectivity index (χ2n) is 6.88. The molecule has 1 N–H and O–H groups in total. The minimum absolute atomic E-state index is 0.190. The molecule has 0 saturated heterocycles. The first-order valence-electron chi connectivity index (χ1n) is 9.19. The topological polar surface area (TPSA) is 64.1 Å². The van der Waals surface area contributed by atoms with Crippen LogP contribution in [-0.4, -0.2) is 27.6 Å². The summed E-state index contributed by atoms with van der Waals surface area (Å²) in [6.45, 7) is 5.97. The second kappa shape index (κ2) is 8.85. The van der Waals surface area contributed by atoms with E-state index in [0.29, 0.717) is 11.3 Å². The molecule has 3 aromatic rings. The molecule has 29 heavy (non-hydrogen) atoms. The zero-order valence-electron chi connectivity index (χ0n) is 16.9. The zero-order chi connectivity index (χ0) is 21.0. The van der Waals surface area contributed by atoms with Crippen LogP contribution in [0.2, 0.25) is 0 Å². The van der Waals surface area contributed by atoms with Crippen molar-refractivity contribution in [2.75, 3.05) is 6.26 Å². The molecule has 0 aliphatic heterocycles. The van der Waals surface area contributed by atoms with E-state index in [4.69, 9.17) is 11.2 Å². The molecule has 5 nitrogen and oxygen atoms in total. The fourth-order valence-corrected chi connectivity index (χ4v) is 4.29. The van der Waals surface area contributed by atoms with Gasteiger partial charge < -0.3 is 10.1 Å². The Balaban J connectivity index is 1.79. The van der Waals surface area contributed by atoms with Crippen molar-refractivity contribution in [3.05, 3.63) is 52.1 Å². The lowest BCUT2D eigenvalue weighted by Crippen LogP contribution is -2.48. The summed E-state index contributed by atoms with van der Waals surface area (Å²) in [6.07, 6.45) is 9.69. The third-order valence-electron chi connectivity index (χ3n) is 4.69. The molecule has 150 valence electrons. The Morgan fingerprint density at radius 3 is 2.86 bits per heavy atom. The van der Waals surface area contributed by atoms with Gasteiger partial charge in [-0.25, -0.2) is 4.98 Å². The lowest BCUT2D eigenvalue weighted by atomic mass is 10.00. The Hall–Kier alpha value is -2.56. The van der Waals surface area contributed by atoms with Gasteiger partial charge in [0.05, 0.1) is 11.1 Å². The number of carbonyl (C=O) groups is 1. The summed E-state index contributed by atoms with van der Waals surface area (Å²) in [5.41, 5.74) is 1.24. The van der Waals surface area contributed by atoms with Gasteiger partial charge in [-0.2, -0.15) is 0 Å². The average molecular weight is 426 g/mol. The van der Waals surface area contributed by atoms with Crippen molar-refractivity contribution < 1.29 is 9.53 Å². The average Bonchev–Trinajstić information content (AvgIpc) is 3.18. The van der Waals surface area contributed by atoms with Crippen molar-refractivity contribution in [2.24, 2.45) is 0 Å². The first kappa shape index (κ1) is 21.2. The van der Waals surface area contributed by atoms with E-state index in [9.17, 15) is 4.79 Å². The van der Waals surface area contributed by atoms with Crippen LogP contribution in [0, 0.1) is 19.3 Å². The zero-order valence-corrected chi connectivity index (χ0v) is 18.5. The molecule has 0 bridgehead atoms. The van der Waals surface area contributed by atoms with Crippen LogP contribution in [0.25, 0.3) is 10.9 Å². The number of hydrogen-bond donors (Lipinski definition) is 1. The molecule has 0 aliphatic carbocycles. The Morgan fingerprint density at radius 2 is 2.24 bits per heavy atom. The van der Waals surface area contributed by atoms with Crippen LogP contribution in [-0.2, 0) is 10.3 Å². The van der Waals surface area contributed by atoms with Gasteiger partial charge in [-0.3, -0.25) is 9.78 Å². The number of aryl methyl sites for hydroxylation is 1. The maximum atomic E-state index is 13.0. The van der Waals surface area contributed by atoms with E-state index < -0.39 is 11.0 Å². The van der Waals surface area contributed by atoms with Crippen molar-refractivity contribution in [2.45, 2.75) is 38.2 Å². The first-order chi connectivity index (χ1) is 13.9. The summed E-state index contributed by atoms with van der Waals surface area (Å²) in [5.74, 6) is 2.98. The summed E-state index contributed by atoms with van der Waals surface area (Å²) in [6, 6.07) is 7.39. The highest BCUT2D eigenvalue weighted by atomic mass is 32.2. The van der Waals surface area contributed by atoms with E-state index in [1.54, 1.807) is 17.5 Å². The fraction of sp³-hybridized carbons (Fsp3) is 0.318. The van der Waals surface area contributed by atoms with Crippen LogP contribution < -0.4 is 10.1 Å². The van der Waals surface area contributed by atoms with E-state index in [1.165, 1.54) is 11.8 Å². The molecule has 3 rings (SSSR count). The highest BCUT2D eigenvalue weighted by Crippen LogP contribution is 2.29. The van der Waals surface area contributed by atoms with Crippen LogP contribution in [0.5, 0.6) is 5.75 Å². The number of terminal acetylenes is 1. The highest BCUT2D eigenvalue weighted by molar-refractivity contribution is 7.99. The van der Waals surface area contributed by atoms with Gasteiger partial charge in [0.2, 0.25) is 5.44 Å². The van der Waals surface area contributed by atoms with Gasteiger partial charge in [0.1, 0.15) is 10.8 Å². The lowest BCUT2D eigenvalue weighted by molar-refractivity contribution is -0.126. The molecule has 0 radical (unpaired) electrons. The Bertz CT molecular complexity index is 1070. The number of thiazole rings is 1. The predicted octanol–water partition coefficient (Wildman–Crippen LogP) is 4.49. The minimum atomic E-state index is -0.692. The number of ether oxygens (including phenoxy) is 1. The van der Waals surface area contributed by atoms with Gasteiger partial charge in [-0.15, -0.1) is 29.5 Å². The molecular weight excluding hydrogens is 402 g/mol. The van der Waals surface area contributed by atoms with Gasteiger partial charge in [0.15, 0.2) is 0 Å². The molecule has 0 aliphatic rings. The summed E-state index contributed by atoms with van der Waals surface area (Å²) in [7, 11) is 0. The standard InChI is InChI=1S/C22H23N3O2S2/c1-6-15-10-16-11-17(8-9-18(16)23-12-15)27-20(28-5)19(26)25-22(4,7-2)21-24-14(3)13-29-21/h1,8-13,20H,7H2,2-5H3,(H,25,26). The maximum absolute atomic E-state index is 13.0. The summed E-state index contributed by atoms with van der Waals surface area (Å²) < 4.78 is 5.99. The number of thioether (sulfide) groups is 1. The summed E-state index contributed by atoms with van der Waals surface area (Å²) in [4.78, 5) is 21.9. The number of benzene rings is 1. The summed E-state index contributed by atoms with van der Waals surface area (Å²) in [5, 5.41) is 6.88. The number of nitrogens with zero attached hydrogens (tertiary/aromatic N) is 2. The number of aromatic nitrogens is 2. The monoisotopic (exact) mass is 425 g/mol. The molecular formula is C22H23N3O2S2. The van der Waals surface area contributed by atoms with Crippen molar-refractivity contribution >= 4 is 39.9 Å². The lowest BCUT2D eigenvalue weighted by Gasteiger charge is -2.29. The fourth-order valence-electron chi connectivity index (χ4n) is 2.83. The number of amides is 1. The minimum Gasteiger partial charge on any atom is -0.470 e. The van der Waals surface area contributed by atoms with Gasteiger partial charge in [-0.05, 0) is 50.8 Å². The second-order valence-corrected chi connectivity index (χ2v) is 8.63. The largest absolute Gasteiger partial charge is 0.470 e. The molecule has 1 amide bonds. The normalized spacial score (nSPS) is 14.0. The first-order valence-corrected chi connectivity index (χ1v) is 11.4. The molecule has 7 heteroatoms. The number of nitrogens with one attached hydrogen (secondary N) is 1. The van der Waals surface area contributed by atoms with Crippen molar-refractivity contribution in [3.8, 4) is 18.1 Å². The predicted molar refractivity (Wildman–Crippen MR) is 120 cm³/mol. The van der Waals surface area contributed by atoms with Gasteiger partial charge >= 0.3 is 0 Å². The smallest absolute Gasteiger partial charge is 0.272 e. The van der Waals surface area contributed by atoms with Crippen molar-refractivity contribution in [3.63, 3.8) is 0 Å². The van der Waals surface area contributed by atoms with Crippen molar-refractivity contribution in [1.82, 2.24) is 15.3 Å². The molecule has 0 spiro atoms. The van der Waals surface area contributed by atoms with E-state index in [1.807, 2.05) is 56.7 Å². The molecule has 0 fully saturated rings. The van der Waals surface area contributed by atoms with Gasteiger partial charge in [-0.1, -0.05) is 12.8 Å². The van der Waals surface area contributed by atoms with E-state index >= 15 is 0 Å². The quantitative estimate of drug-likeness (QED) is 0.446. The van der Waals surface area contributed by atoms with Crippen LogP contribution >= 0.6 is 23.1 Å². The Labute approximate surface area is 179 Å². The molecule has 2 aromatic heterocycles. The maximum Gasteiger partial charge on any atom is 0.272 e. The SMILES string of the molecule is C#Cc1cnc2ccc(OC(SC)C(=O)NC(C)(CC)c3nc(C)cs3)cc2c1. The highest BCUT2D eigenvalue weighted by Gasteiger charge is 2.33. The Morgan fingerprint density at radius 1 is 1.45 bits per heavy atom. The third kappa shape index (κ3) is 4.72. The van der Waals surface area contributed by atoms with Crippen molar-refractivity contribution in [1.29, 1.82) is 0 Å². The van der Waals surface area contributed by atoms with E-state index in [0.717, 1.165) is 28.0 Å². The number of rotatable bonds is 7. The molecule has 0 saturated carbocycles. The van der Waals surface area contributed by atoms with E-state index in [-0.39, 0.29) is 5.91 Å². The van der Waals surface area contributed by atoms with Crippen LogP contribution in [0.1, 0.15) is 36.5 Å². The molecule has 1 aromatic carbocycles. The summed E-state index contributed by atoms with van der Waals surface area (Å²) >= 11 is 2.89. The number of pyridine rings is 1. The molecule has 2 unspecified atom stereocenters. The number of carbonyl (C=O) groups excluding carboxylic acids is 1. The number of fused-ring (bicyclic) bond motifs is 1. The van der Waals surface area contributed by atoms with Gasteiger partial charge in [0, 0.05) is 28.2 Å². The Kier molecular flexibility index (Phi) is 6.46. The van der Waals surface area contributed by atoms with Crippen LogP contribution in [0.3, 0.4) is 0 Å². The van der Waals surface area contributed by atoms with Crippen LogP contribution in [0.15, 0.2) is 35.8 Å². The third-order valence-corrected chi connectivity index (χ3v) is 6.65. The molecule has 2 atom stereocenters. The number of hydrogen-bond acceptors (Lipinski definition) is 6. The van der Waals surface area contributed by atoms with Crippen LogP contribution in [0.4, 0.5) is 0 Å².